The zero-order valence-electron chi connectivity index (χ0n) is 12.4. The van der Waals surface area contributed by atoms with Gasteiger partial charge in [-0.05, 0) is 55.0 Å². The SMILES string of the molecule is CCC(C)(C)NC(=O)COc1ccc(-n2cnnn2)cc1. The molecule has 21 heavy (non-hydrogen) atoms. The van der Waals surface area contributed by atoms with Crippen molar-refractivity contribution in [3.63, 3.8) is 0 Å². The Kier molecular flexibility index (Phi) is 4.52. The molecule has 0 atom stereocenters. The van der Waals surface area contributed by atoms with E-state index < -0.39 is 0 Å². The van der Waals surface area contributed by atoms with Crippen LogP contribution < -0.4 is 10.1 Å². The molecule has 1 N–H and O–H groups in total. The minimum absolute atomic E-state index is 0.00629. The summed E-state index contributed by atoms with van der Waals surface area (Å²) in [6, 6.07) is 7.18. The normalized spacial score (nSPS) is 11.2. The molecule has 0 saturated carbocycles. The number of benzene rings is 1. The van der Waals surface area contributed by atoms with Crippen LogP contribution in [0.3, 0.4) is 0 Å². The van der Waals surface area contributed by atoms with Gasteiger partial charge < -0.3 is 10.1 Å². The lowest BCUT2D eigenvalue weighted by molar-refractivity contribution is -0.124. The predicted molar refractivity (Wildman–Crippen MR) is 77.2 cm³/mol. The first-order valence-corrected chi connectivity index (χ1v) is 6.77. The predicted octanol–water partition coefficient (Wildman–Crippen LogP) is 1.35. The molecule has 0 fully saturated rings. The molecule has 0 radical (unpaired) electrons. The van der Waals surface area contributed by atoms with E-state index in [0.717, 1.165) is 12.1 Å². The second kappa shape index (κ2) is 6.34. The monoisotopic (exact) mass is 289 g/mol. The second-order valence-corrected chi connectivity index (χ2v) is 5.32. The third-order valence-corrected chi connectivity index (χ3v) is 3.18. The maximum Gasteiger partial charge on any atom is 0.258 e. The average Bonchev–Trinajstić information content (AvgIpc) is 2.99. The molecule has 112 valence electrons. The summed E-state index contributed by atoms with van der Waals surface area (Å²) < 4.78 is 7.00. The van der Waals surface area contributed by atoms with E-state index in [-0.39, 0.29) is 18.1 Å². The Bertz CT molecular complexity index is 578. The highest BCUT2D eigenvalue weighted by molar-refractivity contribution is 5.78. The van der Waals surface area contributed by atoms with Crippen LogP contribution in [0.1, 0.15) is 27.2 Å². The quantitative estimate of drug-likeness (QED) is 0.868. The third kappa shape index (κ3) is 4.27. The summed E-state index contributed by atoms with van der Waals surface area (Å²) in [6.07, 6.45) is 2.37. The van der Waals surface area contributed by atoms with Crippen molar-refractivity contribution in [2.24, 2.45) is 0 Å². The van der Waals surface area contributed by atoms with Crippen molar-refractivity contribution in [3.05, 3.63) is 30.6 Å². The van der Waals surface area contributed by atoms with E-state index in [1.54, 1.807) is 16.8 Å². The standard InChI is InChI=1S/C14H19N5O2/c1-4-14(2,3)16-13(20)9-21-12-7-5-11(6-8-12)19-10-15-17-18-19/h5-8,10H,4,9H2,1-3H3,(H,16,20). The molecule has 1 heterocycles. The van der Waals surface area contributed by atoms with Crippen molar-refractivity contribution in [2.75, 3.05) is 6.61 Å². The molecule has 0 aliphatic rings. The van der Waals surface area contributed by atoms with Gasteiger partial charge in [-0.1, -0.05) is 6.92 Å². The molecule has 0 spiro atoms. The third-order valence-electron chi connectivity index (χ3n) is 3.18. The molecule has 0 saturated heterocycles. The largest absolute Gasteiger partial charge is 0.484 e. The number of ether oxygens (including phenoxy) is 1. The van der Waals surface area contributed by atoms with E-state index in [1.165, 1.54) is 6.33 Å². The molecule has 0 aliphatic heterocycles. The summed E-state index contributed by atoms with van der Waals surface area (Å²) in [5.74, 6) is 0.489. The summed E-state index contributed by atoms with van der Waals surface area (Å²) in [6.45, 7) is 5.98. The minimum Gasteiger partial charge on any atom is -0.484 e. The Morgan fingerprint density at radius 3 is 2.62 bits per heavy atom. The average molecular weight is 289 g/mol. The van der Waals surface area contributed by atoms with E-state index in [0.29, 0.717) is 5.75 Å². The van der Waals surface area contributed by atoms with Gasteiger partial charge in [0.15, 0.2) is 6.61 Å². The van der Waals surface area contributed by atoms with Crippen LogP contribution in [0.4, 0.5) is 0 Å². The Labute approximate surface area is 123 Å². The number of nitrogens with zero attached hydrogens (tertiary/aromatic N) is 4. The first-order valence-electron chi connectivity index (χ1n) is 6.77. The molecule has 2 aromatic rings. The van der Waals surface area contributed by atoms with Gasteiger partial charge in [0.05, 0.1) is 5.69 Å². The van der Waals surface area contributed by atoms with Crippen LogP contribution in [0.5, 0.6) is 5.75 Å². The van der Waals surface area contributed by atoms with Crippen LogP contribution in [-0.2, 0) is 4.79 Å². The molecular formula is C14H19N5O2. The number of aromatic nitrogens is 4. The smallest absolute Gasteiger partial charge is 0.258 e. The van der Waals surface area contributed by atoms with Crippen molar-refractivity contribution in [2.45, 2.75) is 32.7 Å². The number of nitrogens with one attached hydrogen (secondary N) is 1. The molecular weight excluding hydrogens is 270 g/mol. The number of carbonyl (C=O) groups excluding carboxylic acids is 1. The highest BCUT2D eigenvalue weighted by Crippen LogP contribution is 2.14. The molecule has 2 rings (SSSR count). The lowest BCUT2D eigenvalue weighted by Crippen LogP contribution is -2.44. The van der Waals surface area contributed by atoms with Gasteiger partial charge in [-0.15, -0.1) is 5.10 Å². The van der Waals surface area contributed by atoms with Crippen molar-refractivity contribution in [1.82, 2.24) is 25.5 Å². The van der Waals surface area contributed by atoms with Crippen LogP contribution in [0.25, 0.3) is 5.69 Å². The maximum absolute atomic E-state index is 11.8. The fourth-order valence-electron chi connectivity index (χ4n) is 1.63. The van der Waals surface area contributed by atoms with Crippen LogP contribution in [0, 0.1) is 0 Å². The van der Waals surface area contributed by atoms with Gasteiger partial charge in [0.1, 0.15) is 12.1 Å². The number of amides is 1. The Balaban J connectivity index is 1.88. The van der Waals surface area contributed by atoms with Crippen molar-refractivity contribution < 1.29 is 9.53 Å². The van der Waals surface area contributed by atoms with Gasteiger partial charge in [-0.3, -0.25) is 4.79 Å². The van der Waals surface area contributed by atoms with Crippen LogP contribution in [-0.4, -0.2) is 38.3 Å². The molecule has 1 amide bonds. The highest BCUT2D eigenvalue weighted by atomic mass is 16.5. The van der Waals surface area contributed by atoms with E-state index in [9.17, 15) is 4.79 Å². The zero-order valence-corrected chi connectivity index (χ0v) is 12.4. The van der Waals surface area contributed by atoms with Gasteiger partial charge >= 0.3 is 0 Å². The van der Waals surface area contributed by atoms with Gasteiger partial charge in [-0.2, -0.15) is 0 Å². The highest BCUT2D eigenvalue weighted by Gasteiger charge is 2.17. The van der Waals surface area contributed by atoms with Gasteiger partial charge in [0.25, 0.3) is 5.91 Å². The van der Waals surface area contributed by atoms with E-state index in [2.05, 4.69) is 20.8 Å². The Morgan fingerprint density at radius 1 is 1.33 bits per heavy atom. The number of rotatable bonds is 6. The summed E-state index contributed by atoms with van der Waals surface area (Å²) in [4.78, 5) is 11.8. The summed E-state index contributed by atoms with van der Waals surface area (Å²) in [5.41, 5.74) is 0.605. The molecule has 0 aliphatic carbocycles. The molecule has 1 aromatic carbocycles. The molecule has 1 aromatic heterocycles. The lowest BCUT2D eigenvalue weighted by atomic mass is 10.0. The number of tetrazole rings is 1. The van der Waals surface area contributed by atoms with Crippen molar-refractivity contribution >= 4 is 5.91 Å². The summed E-state index contributed by atoms with van der Waals surface area (Å²) >= 11 is 0. The maximum atomic E-state index is 11.8. The molecule has 0 unspecified atom stereocenters. The summed E-state index contributed by atoms with van der Waals surface area (Å²) in [5, 5.41) is 13.8. The van der Waals surface area contributed by atoms with Crippen LogP contribution >= 0.6 is 0 Å². The Hall–Kier alpha value is -2.44. The minimum atomic E-state index is -0.218. The van der Waals surface area contributed by atoms with E-state index in [1.807, 2.05) is 32.9 Å². The number of hydrogen-bond donors (Lipinski definition) is 1. The number of carbonyl (C=O) groups is 1. The van der Waals surface area contributed by atoms with Gasteiger partial charge in [0, 0.05) is 5.54 Å². The number of hydrogen-bond acceptors (Lipinski definition) is 5. The lowest BCUT2D eigenvalue weighted by Gasteiger charge is -2.24. The van der Waals surface area contributed by atoms with Crippen LogP contribution in [0.15, 0.2) is 30.6 Å². The topological polar surface area (TPSA) is 81.9 Å². The fourth-order valence-corrected chi connectivity index (χ4v) is 1.63. The first kappa shape index (κ1) is 15.0. The zero-order chi connectivity index (χ0) is 15.3. The molecule has 0 bridgehead atoms. The fraction of sp³-hybridized carbons (Fsp3) is 0.429. The van der Waals surface area contributed by atoms with Crippen LogP contribution in [0.2, 0.25) is 0 Å². The van der Waals surface area contributed by atoms with Gasteiger partial charge in [0.2, 0.25) is 0 Å². The first-order chi connectivity index (χ1) is 10.00. The van der Waals surface area contributed by atoms with Crippen molar-refractivity contribution in [1.29, 1.82) is 0 Å². The molecule has 7 nitrogen and oxygen atoms in total. The summed E-state index contributed by atoms with van der Waals surface area (Å²) in [7, 11) is 0. The Morgan fingerprint density at radius 2 is 2.05 bits per heavy atom. The van der Waals surface area contributed by atoms with E-state index in [4.69, 9.17) is 4.74 Å². The van der Waals surface area contributed by atoms with E-state index >= 15 is 0 Å². The second-order valence-electron chi connectivity index (χ2n) is 5.32. The molecule has 7 heteroatoms. The van der Waals surface area contributed by atoms with Gasteiger partial charge in [-0.25, -0.2) is 4.68 Å². The van der Waals surface area contributed by atoms with Crippen molar-refractivity contribution in [3.8, 4) is 11.4 Å².